The van der Waals surface area contributed by atoms with Crippen LogP contribution in [0.5, 0.6) is 0 Å². The highest BCUT2D eigenvalue weighted by Gasteiger charge is 2.29. The van der Waals surface area contributed by atoms with E-state index in [0.29, 0.717) is 39.8 Å². The summed E-state index contributed by atoms with van der Waals surface area (Å²) < 4.78 is 46.1. The van der Waals surface area contributed by atoms with Crippen LogP contribution in [-0.2, 0) is 16.6 Å². The van der Waals surface area contributed by atoms with Crippen LogP contribution >= 0.6 is 27.5 Å². The van der Waals surface area contributed by atoms with Crippen molar-refractivity contribution in [3.63, 3.8) is 0 Å². The zero-order valence-electron chi connectivity index (χ0n) is 24.8. The summed E-state index contributed by atoms with van der Waals surface area (Å²) in [6, 6.07) is 11.8. The average Bonchev–Trinajstić information content (AvgIpc) is 3.13. The van der Waals surface area contributed by atoms with Gasteiger partial charge in [-0.05, 0) is 57.7 Å². The maximum atomic E-state index is 12.7. The van der Waals surface area contributed by atoms with E-state index >= 15 is 0 Å². The second-order valence-electron chi connectivity index (χ2n) is 10.7. The van der Waals surface area contributed by atoms with E-state index in [0.717, 1.165) is 42.9 Å². The zero-order chi connectivity index (χ0) is 33.0. The fourth-order valence-corrected chi connectivity index (χ4v) is 6.23. The van der Waals surface area contributed by atoms with Gasteiger partial charge >= 0.3 is 6.18 Å². The molecule has 4 aromatic rings. The SMILES string of the molecule is Cn1c(-c2ccc(NC(=O)/C=C/CN3CCCOCC3)cc2)c(-c2ccc(C(=O)NCC(F)(F)F)c(Cl)c2)c2c(N)ncc(Br)c21. The van der Waals surface area contributed by atoms with Crippen LogP contribution in [0.1, 0.15) is 16.8 Å². The molecule has 0 bridgehead atoms. The maximum Gasteiger partial charge on any atom is 0.405 e. The van der Waals surface area contributed by atoms with Crippen molar-refractivity contribution in [1.29, 1.82) is 0 Å². The molecule has 0 atom stereocenters. The number of anilines is 2. The number of aryl methyl sites for hydroxylation is 1. The van der Waals surface area contributed by atoms with Crippen molar-refractivity contribution >= 4 is 61.8 Å². The average molecular weight is 720 g/mol. The highest BCUT2D eigenvalue weighted by Crippen LogP contribution is 2.45. The van der Waals surface area contributed by atoms with Crippen molar-refractivity contribution in [3.05, 3.63) is 75.9 Å². The third-order valence-electron chi connectivity index (χ3n) is 7.52. The van der Waals surface area contributed by atoms with E-state index in [4.69, 9.17) is 22.1 Å². The quantitative estimate of drug-likeness (QED) is 0.181. The van der Waals surface area contributed by atoms with Gasteiger partial charge in [0.25, 0.3) is 5.91 Å². The van der Waals surface area contributed by atoms with Gasteiger partial charge in [-0.2, -0.15) is 13.2 Å². The number of nitrogens with zero attached hydrogens (tertiary/aromatic N) is 3. The number of carbonyl (C=O) groups excluding carboxylic acids is 2. The number of pyridine rings is 1. The molecule has 46 heavy (non-hydrogen) atoms. The Bertz CT molecular complexity index is 1780. The lowest BCUT2D eigenvalue weighted by Crippen LogP contribution is -2.33. The number of halogens is 5. The largest absolute Gasteiger partial charge is 0.405 e. The van der Waals surface area contributed by atoms with Gasteiger partial charge in [-0.25, -0.2) is 4.98 Å². The number of nitrogen functional groups attached to an aromatic ring is 1. The molecule has 1 saturated heterocycles. The van der Waals surface area contributed by atoms with Crippen LogP contribution in [0.15, 0.2) is 65.3 Å². The van der Waals surface area contributed by atoms with E-state index in [1.165, 1.54) is 18.2 Å². The number of fused-ring (bicyclic) bond motifs is 1. The molecule has 0 radical (unpaired) electrons. The number of amides is 2. The zero-order valence-corrected chi connectivity index (χ0v) is 27.1. The van der Waals surface area contributed by atoms with Crippen molar-refractivity contribution in [2.45, 2.75) is 12.6 Å². The number of nitrogens with two attached hydrogens (primary N) is 1. The summed E-state index contributed by atoms with van der Waals surface area (Å²) in [6.45, 7) is 2.38. The number of nitrogens with one attached hydrogen (secondary N) is 2. The van der Waals surface area contributed by atoms with Crippen molar-refractivity contribution in [1.82, 2.24) is 19.8 Å². The van der Waals surface area contributed by atoms with Gasteiger partial charge < -0.3 is 25.7 Å². The van der Waals surface area contributed by atoms with Gasteiger partial charge in [0.2, 0.25) is 5.91 Å². The Morgan fingerprint density at radius 1 is 1.13 bits per heavy atom. The van der Waals surface area contributed by atoms with Crippen molar-refractivity contribution in [2.24, 2.45) is 7.05 Å². The Morgan fingerprint density at radius 2 is 1.87 bits per heavy atom. The number of rotatable bonds is 8. The first-order chi connectivity index (χ1) is 21.9. The predicted molar refractivity (Wildman–Crippen MR) is 177 cm³/mol. The van der Waals surface area contributed by atoms with E-state index in [1.807, 2.05) is 35.1 Å². The number of alkyl halides is 3. The van der Waals surface area contributed by atoms with Crippen LogP contribution in [0.4, 0.5) is 24.7 Å². The second-order valence-corrected chi connectivity index (χ2v) is 12.0. The molecular weight excluding hydrogens is 689 g/mol. The molecule has 1 fully saturated rings. The maximum absolute atomic E-state index is 12.7. The molecule has 14 heteroatoms. The van der Waals surface area contributed by atoms with Gasteiger partial charge in [0, 0.05) is 56.8 Å². The smallest absolute Gasteiger partial charge is 0.383 e. The molecule has 4 N–H and O–H groups in total. The summed E-state index contributed by atoms with van der Waals surface area (Å²) in [5, 5.41) is 5.32. The van der Waals surface area contributed by atoms with Gasteiger partial charge in [-0.15, -0.1) is 0 Å². The van der Waals surface area contributed by atoms with Crippen molar-refractivity contribution in [2.75, 3.05) is 50.4 Å². The summed E-state index contributed by atoms with van der Waals surface area (Å²) in [5.41, 5.74) is 10.4. The highest BCUT2D eigenvalue weighted by atomic mass is 79.9. The fourth-order valence-electron chi connectivity index (χ4n) is 5.40. The van der Waals surface area contributed by atoms with Crippen LogP contribution in [0, 0.1) is 0 Å². The molecule has 0 unspecified atom stereocenters. The summed E-state index contributed by atoms with van der Waals surface area (Å²) in [6.07, 6.45) is 1.36. The molecule has 1 aliphatic heterocycles. The fraction of sp³-hybridized carbons (Fsp3) is 0.281. The Balaban J connectivity index is 1.44. The number of hydrogen-bond donors (Lipinski definition) is 3. The first-order valence-electron chi connectivity index (χ1n) is 14.4. The molecule has 3 heterocycles. The number of aromatic nitrogens is 2. The van der Waals surface area contributed by atoms with E-state index < -0.39 is 18.6 Å². The van der Waals surface area contributed by atoms with Crippen molar-refractivity contribution < 1.29 is 27.5 Å². The van der Waals surface area contributed by atoms with E-state index in [-0.39, 0.29) is 22.3 Å². The molecule has 0 aliphatic carbocycles. The van der Waals surface area contributed by atoms with Crippen LogP contribution in [0.3, 0.4) is 0 Å². The molecule has 2 amide bonds. The van der Waals surface area contributed by atoms with Crippen LogP contribution in [0.2, 0.25) is 5.02 Å². The van der Waals surface area contributed by atoms with Gasteiger partial charge in [0.15, 0.2) is 0 Å². The van der Waals surface area contributed by atoms with Crippen LogP contribution < -0.4 is 16.4 Å². The molecule has 9 nitrogen and oxygen atoms in total. The first kappa shape index (κ1) is 33.5. The molecule has 5 rings (SSSR count). The minimum absolute atomic E-state index is 0.0306. The van der Waals surface area contributed by atoms with Gasteiger partial charge in [0.1, 0.15) is 12.4 Å². The molecule has 242 valence electrons. The standard InChI is InChI=1S/C32H31BrClF3N6O3/c1-42-28(19-5-8-21(9-6-19)41-25(44)4-2-11-43-12-3-14-46-15-13-43)26(27-29(42)23(33)17-39-30(27)38)20-7-10-22(24(34)16-20)31(45)40-18-32(35,36)37/h2,4-10,16-17H,3,11-15,18H2,1H3,(H2,38,39)(H,40,45)(H,41,44)/b4-2+. The molecule has 0 saturated carbocycles. The first-order valence-corrected chi connectivity index (χ1v) is 15.6. The summed E-state index contributed by atoms with van der Waals surface area (Å²) in [4.78, 5) is 31.6. The Kier molecular flexibility index (Phi) is 10.4. The van der Waals surface area contributed by atoms with Crippen LogP contribution in [0.25, 0.3) is 33.3 Å². The van der Waals surface area contributed by atoms with Crippen molar-refractivity contribution in [3.8, 4) is 22.4 Å². The number of hydrogen-bond acceptors (Lipinski definition) is 6. The summed E-state index contributed by atoms with van der Waals surface area (Å²) in [5.74, 6) is -0.942. The highest BCUT2D eigenvalue weighted by molar-refractivity contribution is 9.10. The van der Waals surface area contributed by atoms with Crippen LogP contribution in [-0.4, -0.2) is 71.8 Å². The minimum Gasteiger partial charge on any atom is -0.383 e. The lowest BCUT2D eigenvalue weighted by molar-refractivity contribution is -0.123. The number of carbonyl (C=O) groups is 2. The normalized spacial score (nSPS) is 14.5. The summed E-state index contributed by atoms with van der Waals surface area (Å²) in [7, 11) is 1.86. The number of ether oxygens (including phenoxy) is 1. The topological polar surface area (TPSA) is 115 Å². The van der Waals surface area contributed by atoms with E-state index in [9.17, 15) is 22.8 Å². The molecular formula is C32H31BrClF3N6O3. The Hall–Kier alpha value is -3.91. The number of benzene rings is 2. The van der Waals surface area contributed by atoms with Gasteiger partial charge in [0.05, 0.1) is 38.3 Å². The minimum atomic E-state index is -4.56. The molecule has 1 aliphatic rings. The summed E-state index contributed by atoms with van der Waals surface area (Å²) >= 11 is 10.0. The Morgan fingerprint density at radius 3 is 2.59 bits per heavy atom. The van der Waals surface area contributed by atoms with Gasteiger partial charge in [-0.1, -0.05) is 35.9 Å². The van der Waals surface area contributed by atoms with Gasteiger partial charge in [-0.3, -0.25) is 14.5 Å². The molecule has 2 aromatic carbocycles. The van der Waals surface area contributed by atoms with E-state index in [1.54, 1.807) is 24.4 Å². The second kappa shape index (κ2) is 14.2. The molecule has 0 spiro atoms. The molecule has 2 aromatic heterocycles. The third kappa shape index (κ3) is 7.72. The lowest BCUT2D eigenvalue weighted by atomic mass is 9.97. The monoisotopic (exact) mass is 718 g/mol. The van der Waals surface area contributed by atoms with E-state index in [2.05, 4.69) is 31.1 Å². The lowest BCUT2D eigenvalue weighted by Gasteiger charge is -2.16. The Labute approximate surface area is 276 Å². The third-order valence-corrected chi connectivity index (χ3v) is 8.41. The predicted octanol–water partition coefficient (Wildman–Crippen LogP) is 6.41.